The predicted molar refractivity (Wildman–Crippen MR) is 65.1 cm³/mol. The first-order valence-corrected chi connectivity index (χ1v) is 7.55. The Bertz CT molecular complexity index is 398. The van der Waals surface area contributed by atoms with Crippen molar-refractivity contribution in [3.63, 3.8) is 0 Å². The van der Waals surface area contributed by atoms with Gasteiger partial charge in [-0.05, 0) is 43.4 Å². The summed E-state index contributed by atoms with van der Waals surface area (Å²) in [6, 6.07) is 0. The molecule has 0 spiro atoms. The summed E-state index contributed by atoms with van der Waals surface area (Å²) in [4.78, 5) is 11.2. The van der Waals surface area contributed by atoms with Crippen LogP contribution in [0.4, 0.5) is 0 Å². The largest absolute Gasteiger partial charge is 0.281 e. The predicted octanol–water partition coefficient (Wildman–Crippen LogP) is 2.83. The standard InChI is InChI=1S/C10H14Cl2O3S/c1-7(11)16(14,15)6-8-4-2-3-5-9(8)10(12)13/h6-7,9H,2-5H2,1H3/b8-6+. The monoisotopic (exact) mass is 284 g/mol. The summed E-state index contributed by atoms with van der Waals surface area (Å²) in [5.41, 5.74) is 0.596. The molecular weight excluding hydrogens is 271 g/mol. The Morgan fingerprint density at radius 3 is 2.62 bits per heavy atom. The third-order valence-corrected chi connectivity index (χ3v) is 5.24. The van der Waals surface area contributed by atoms with Crippen LogP contribution in [0.15, 0.2) is 11.0 Å². The van der Waals surface area contributed by atoms with Gasteiger partial charge in [0.15, 0.2) is 9.84 Å². The van der Waals surface area contributed by atoms with E-state index in [1.165, 1.54) is 6.92 Å². The molecule has 1 fully saturated rings. The maximum absolute atomic E-state index is 11.6. The minimum atomic E-state index is -3.47. The van der Waals surface area contributed by atoms with E-state index in [1.54, 1.807) is 0 Å². The molecule has 1 rings (SSSR count). The van der Waals surface area contributed by atoms with E-state index < -0.39 is 25.7 Å². The molecule has 2 atom stereocenters. The molecule has 0 saturated heterocycles. The van der Waals surface area contributed by atoms with Crippen LogP contribution < -0.4 is 0 Å². The van der Waals surface area contributed by atoms with Gasteiger partial charge in [0.25, 0.3) is 0 Å². The lowest BCUT2D eigenvalue weighted by atomic mass is 9.86. The third-order valence-electron chi connectivity index (χ3n) is 2.70. The summed E-state index contributed by atoms with van der Waals surface area (Å²) < 4.78 is 22.2. The Labute approximate surface area is 106 Å². The van der Waals surface area contributed by atoms with Gasteiger partial charge in [0, 0.05) is 5.41 Å². The fraction of sp³-hybridized carbons (Fsp3) is 0.700. The van der Waals surface area contributed by atoms with E-state index in [0.29, 0.717) is 18.4 Å². The Hall–Kier alpha value is -0.0600. The van der Waals surface area contributed by atoms with Gasteiger partial charge in [0.2, 0.25) is 5.24 Å². The molecule has 1 aliphatic rings. The molecule has 0 amide bonds. The molecule has 0 heterocycles. The molecule has 1 saturated carbocycles. The average molecular weight is 285 g/mol. The summed E-state index contributed by atoms with van der Waals surface area (Å²) in [5, 5.41) is 0.651. The zero-order valence-electron chi connectivity index (χ0n) is 8.95. The minimum absolute atomic E-state index is 0.458. The molecule has 0 N–H and O–H groups in total. The molecular formula is C10H14Cl2O3S. The number of carbonyl (C=O) groups excluding carboxylic acids is 1. The normalized spacial score (nSPS) is 26.7. The van der Waals surface area contributed by atoms with Gasteiger partial charge in [-0.2, -0.15) is 0 Å². The van der Waals surface area contributed by atoms with Gasteiger partial charge in [-0.15, -0.1) is 11.6 Å². The number of halogens is 2. The fourth-order valence-corrected chi connectivity index (χ4v) is 3.04. The summed E-state index contributed by atoms with van der Waals surface area (Å²) in [6.07, 6.45) is 3.02. The molecule has 0 aliphatic heterocycles. The van der Waals surface area contributed by atoms with Crippen LogP contribution in [-0.4, -0.2) is 18.4 Å². The highest BCUT2D eigenvalue weighted by atomic mass is 35.5. The molecule has 6 heteroatoms. The number of sulfone groups is 1. The SMILES string of the molecule is CC(Cl)S(=O)(=O)/C=C1\CCCCC1C(=O)Cl. The molecule has 0 bridgehead atoms. The zero-order chi connectivity index (χ0) is 12.3. The number of alkyl halides is 1. The number of carbonyl (C=O) groups is 1. The number of hydrogen-bond acceptors (Lipinski definition) is 3. The van der Waals surface area contributed by atoms with Crippen molar-refractivity contribution in [3.8, 4) is 0 Å². The minimum Gasteiger partial charge on any atom is -0.281 e. The lowest BCUT2D eigenvalue weighted by Crippen LogP contribution is -2.18. The highest BCUT2D eigenvalue weighted by molar-refractivity contribution is 7.96. The molecule has 0 aromatic heterocycles. The van der Waals surface area contributed by atoms with Crippen molar-refractivity contribution in [2.75, 3.05) is 0 Å². The first kappa shape index (κ1) is 14.0. The van der Waals surface area contributed by atoms with Gasteiger partial charge < -0.3 is 0 Å². The summed E-state index contributed by atoms with van der Waals surface area (Å²) in [6.45, 7) is 1.40. The van der Waals surface area contributed by atoms with Gasteiger partial charge in [-0.3, -0.25) is 4.79 Å². The van der Waals surface area contributed by atoms with Crippen LogP contribution in [0.1, 0.15) is 32.6 Å². The van der Waals surface area contributed by atoms with Crippen molar-refractivity contribution in [1.29, 1.82) is 0 Å². The molecule has 92 valence electrons. The molecule has 16 heavy (non-hydrogen) atoms. The summed E-state index contributed by atoms with van der Waals surface area (Å²) in [7, 11) is -3.47. The Balaban J connectivity index is 3.00. The fourth-order valence-electron chi connectivity index (χ4n) is 1.74. The number of hydrogen-bond donors (Lipinski definition) is 0. The van der Waals surface area contributed by atoms with E-state index in [4.69, 9.17) is 23.2 Å². The number of rotatable bonds is 3. The second kappa shape index (κ2) is 5.52. The second-order valence-electron chi connectivity index (χ2n) is 3.93. The van der Waals surface area contributed by atoms with Crippen LogP contribution in [0.5, 0.6) is 0 Å². The smallest absolute Gasteiger partial charge is 0.228 e. The first-order valence-electron chi connectivity index (χ1n) is 5.12. The molecule has 0 aromatic carbocycles. The first-order chi connectivity index (χ1) is 7.34. The van der Waals surface area contributed by atoms with E-state index in [-0.39, 0.29) is 0 Å². The van der Waals surface area contributed by atoms with Crippen molar-refractivity contribution in [3.05, 3.63) is 11.0 Å². The van der Waals surface area contributed by atoms with Gasteiger partial charge in [0.05, 0.1) is 5.92 Å². The second-order valence-corrected chi connectivity index (χ2v) is 7.33. The van der Waals surface area contributed by atoms with Crippen molar-refractivity contribution < 1.29 is 13.2 Å². The lowest BCUT2D eigenvalue weighted by Gasteiger charge is -2.22. The van der Waals surface area contributed by atoms with Crippen LogP contribution in [0.3, 0.4) is 0 Å². The Morgan fingerprint density at radius 2 is 2.12 bits per heavy atom. The van der Waals surface area contributed by atoms with Crippen molar-refractivity contribution in [2.45, 2.75) is 37.3 Å². The lowest BCUT2D eigenvalue weighted by molar-refractivity contribution is -0.114. The maximum atomic E-state index is 11.6. The van der Waals surface area contributed by atoms with Gasteiger partial charge >= 0.3 is 0 Å². The van der Waals surface area contributed by atoms with Gasteiger partial charge in [-0.1, -0.05) is 6.42 Å². The topological polar surface area (TPSA) is 51.2 Å². The van der Waals surface area contributed by atoms with Crippen LogP contribution in [-0.2, 0) is 14.6 Å². The molecule has 1 aliphatic carbocycles. The number of allylic oxidation sites excluding steroid dienone is 1. The molecule has 2 unspecified atom stereocenters. The summed E-state index contributed by atoms with van der Waals surface area (Å²) in [5.74, 6) is -0.458. The maximum Gasteiger partial charge on any atom is 0.228 e. The van der Waals surface area contributed by atoms with Crippen molar-refractivity contribution in [1.82, 2.24) is 0 Å². The highest BCUT2D eigenvalue weighted by Gasteiger charge is 2.27. The third kappa shape index (κ3) is 3.47. The van der Waals surface area contributed by atoms with Gasteiger partial charge in [-0.25, -0.2) is 8.42 Å². The van der Waals surface area contributed by atoms with Crippen LogP contribution in [0.25, 0.3) is 0 Å². The van der Waals surface area contributed by atoms with Crippen LogP contribution >= 0.6 is 23.2 Å². The average Bonchev–Trinajstić information content (AvgIpc) is 2.17. The van der Waals surface area contributed by atoms with Crippen LogP contribution in [0.2, 0.25) is 0 Å². The van der Waals surface area contributed by atoms with Crippen molar-refractivity contribution in [2.24, 2.45) is 5.92 Å². The molecule has 0 radical (unpaired) electrons. The van der Waals surface area contributed by atoms with E-state index in [9.17, 15) is 13.2 Å². The van der Waals surface area contributed by atoms with Crippen LogP contribution in [0, 0.1) is 5.92 Å². The highest BCUT2D eigenvalue weighted by Crippen LogP contribution is 2.32. The summed E-state index contributed by atoms with van der Waals surface area (Å²) >= 11 is 11.0. The van der Waals surface area contributed by atoms with E-state index in [2.05, 4.69) is 0 Å². The van der Waals surface area contributed by atoms with Gasteiger partial charge in [0.1, 0.15) is 4.71 Å². The Morgan fingerprint density at radius 1 is 1.50 bits per heavy atom. The quantitative estimate of drug-likeness (QED) is 0.592. The molecule has 0 aromatic rings. The Kier molecular flexibility index (Phi) is 4.83. The molecule has 3 nitrogen and oxygen atoms in total. The van der Waals surface area contributed by atoms with E-state index in [1.807, 2.05) is 0 Å². The van der Waals surface area contributed by atoms with E-state index >= 15 is 0 Å². The van der Waals surface area contributed by atoms with E-state index in [0.717, 1.165) is 18.2 Å². The zero-order valence-corrected chi connectivity index (χ0v) is 11.3. The van der Waals surface area contributed by atoms with Crippen molar-refractivity contribution >= 4 is 38.3 Å².